The standard InChI is InChI=1S/C12H18BrClN4O/c1-8(2)7-18(5-4-10(19)15-3)11-9(13)6-16-12(14)17-11/h6,8H,4-5,7H2,1-3H3,(H,15,19). The summed E-state index contributed by atoms with van der Waals surface area (Å²) in [5.74, 6) is 1.17. The van der Waals surface area contributed by atoms with E-state index in [4.69, 9.17) is 11.6 Å². The van der Waals surface area contributed by atoms with Crippen molar-refractivity contribution in [2.45, 2.75) is 20.3 Å². The molecule has 1 rings (SSSR count). The molecule has 1 N–H and O–H groups in total. The second-order valence-electron chi connectivity index (χ2n) is 4.57. The molecule has 0 unspecified atom stereocenters. The topological polar surface area (TPSA) is 58.1 Å². The predicted octanol–water partition coefficient (Wildman–Crippen LogP) is 2.49. The molecule has 0 aliphatic rings. The summed E-state index contributed by atoms with van der Waals surface area (Å²) < 4.78 is 0.773. The number of rotatable bonds is 6. The Morgan fingerprint density at radius 3 is 2.84 bits per heavy atom. The Bertz CT molecular complexity index is 442. The van der Waals surface area contributed by atoms with Crippen LogP contribution in [-0.2, 0) is 4.79 Å². The molecule has 106 valence electrons. The average Bonchev–Trinajstić information content (AvgIpc) is 2.36. The van der Waals surface area contributed by atoms with E-state index >= 15 is 0 Å². The van der Waals surface area contributed by atoms with Gasteiger partial charge < -0.3 is 10.2 Å². The van der Waals surface area contributed by atoms with E-state index in [1.165, 1.54) is 0 Å². The van der Waals surface area contributed by atoms with Crippen molar-refractivity contribution in [3.05, 3.63) is 16.0 Å². The monoisotopic (exact) mass is 348 g/mol. The highest BCUT2D eigenvalue weighted by molar-refractivity contribution is 9.10. The molecule has 0 spiro atoms. The second kappa shape index (κ2) is 7.65. The lowest BCUT2D eigenvalue weighted by Crippen LogP contribution is -2.33. The summed E-state index contributed by atoms with van der Waals surface area (Å²) in [6.07, 6.45) is 2.04. The molecule has 5 nitrogen and oxygen atoms in total. The molecule has 0 aromatic carbocycles. The van der Waals surface area contributed by atoms with E-state index in [2.05, 4.69) is 45.1 Å². The van der Waals surface area contributed by atoms with Gasteiger partial charge in [-0.25, -0.2) is 4.98 Å². The molecule has 1 amide bonds. The molecule has 0 atom stereocenters. The van der Waals surface area contributed by atoms with Crippen LogP contribution in [0.4, 0.5) is 5.82 Å². The Balaban J connectivity index is 2.88. The zero-order chi connectivity index (χ0) is 14.4. The fourth-order valence-electron chi connectivity index (χ4n) is 1.65. The van der Waals surface area contributed by atoms with Gasteiger partial charge in [-0.2, -0.15) is 4.98 Å². The van der Waals surface area contributed by atoms with Gasteiger partial charge in [0.1, 0.15) is 5.82 Å². The normalized spacial score (nSPS) is 10.6. The zero-order valence-electron chi connectivity index (χ0n) is 11.3. The van der Waals surface area contributed by atoms with Crippen LogP contribution in [0.15, 0.2) is 10.7 Å². The molecule has 0 aliphatic heterocycles. The lowest BCUT2D eigenvalue weighted by molar-refractivity contribution is -0.120. The van der Waals surface area contributed by atoms with Crippen molar-refractivity contribution < 1.29 is 4.79 Å². The number of hydrogen-bond donors (Lipinski definition) is 1. The first kappa shape index (κ1) is 16.2. The van der Waals surface area contributed by atoms with Gasteiger partial charge in [0, 0.05) is 32.8 Å². The highest BCUT2D eigenvalue weighted by Crippen LogP contribution is 2.25. The molecule has 0 radical (unpaired) electrons. The van der Waals surface area contributed by atoms with Crippen molar-refractivity contribution >= 4 is 39.3 Å². The van der Waals surface area contributed by atoms with E-state index in [1.807, 2.05) is 4.90 Å². The Morgan fingerprint density at radius 1 is 1.58 bits per heavy atom. The van der Waals surface area contributed by atoms with Gasteiger partial charge in [0.2, 0.25) is 11.2 Å². The lowest BCUT2D eigenvalue weighted by atomic mass is 10.2. The van der Waals surface area contributed by atoms with Crippen molar-refractivity contribution in [1.29, 1.82) is 0 Å². The molecule has 0 fully saturated rings. The summed E-state index contributed by atoms with van der Waals surface area (Å²) in [6, 6.07) is 0. The SMILES string of the molecule is CNC(=O)CCN(CC(C)C)c1nc(Cl)ncc1Br. The van der Waals surface area contributed by atoms with Crippen LogP contribution in [0.25, 0.3) is 0 Å². The van der Waals surface area contributed by atoms with Crippen LogP contribution in [0.3, 0.4) is 0 Å². The predicted molar refractivity (Wildman–Crippen MR) is 80.5 cm³/mol. The van der Waals surface area contributed by atoms with Crippen LogP contribution in [-0.4, -0.2) is 36.0 Å². The van der Waals surface area contributed by atoms with Gasteiger partial charge in [0.25, 0.3) is 0 Å². The minimum Gasteiger partial charge on any atom is -0.359 e. The van der Waals surface area contributed by atoms with Crippen molar-refractivity contribution in [2.75, 3.05) is 25.0 Å². The van der Waals surface area contributed by atoms with Crippen molar-refractivity contribution in [1.82, 2.24) is 15.3 Å². The first-order chi connectivity index (χ1) is 8.93. The summed E-state index contributed by atoms with van der Waals surface area (Å²) in [5, 5.41) is 2.82. The van der Waals surface area contributed by atoms with Gasteiger partial charge in [0.15, 0.2) is 0 Å². The molecule has 1 heterocycles. The van der Waals surface area contributed by atoms with Gasteiger partial charge >= 0.3 is 0 Å². The van der Waals surface area contributed by atoms with Crippen LogP contribution < -0.4 is 10.2 Å². The zero-order valence-corrected chi connectivity index (χ0v) is 13.6. The van der Waals surface area contributed by atoms with Crippen LogP contribution in [0.1, 0.15) is 20.3 Å². The fourth-order valence-corrected chi connectivity index (χ4v) is 2.22. The Kier molecular flexibility index (Phi) is 6.51. The largest absolute Gasteiger partial charge is 0.359 e. The number of nitrogens with one attached hydrogen (secondary N) is 1. The van der Waals surface area contributed by atoms with Crippen molar-refractivity contribution in [2.24, 2.45) is 5.92 Å². The lowest BCUT2D eigenvalue weighted by Gasteiger charge is -2.26. The first-order valence-electron chi connectivity index (χ1n) is 6.07. The van der Waals surface area contributed by atoms with Crippen LogP contribution in [0.5, 0.6) is 0 Å². The molecule has 0 saturated heterocycles. The van der Waals surface area contributed by atoms with Gasteiger partial charge in [0.05, 0.1) is 4.47 Å². The van der Waals surface area contributed by atoms with E-state index in [0.29, 0.717) is 18.9 Å². The third-order valence-electron chi connectivity index (χ3n) is 2.47. The Labute approximate surface area is 126 Å². The van der Waals surface area contributed by atoms with E-state index in [1.54, 1.807) is 13.2 Å². The van der Waals surface area contributed by atoms with Gasteiger partial charge in [-0.3, -0.25) is 4.79 Å². The molecule has 1 aromatic heterocycles. The highest BCUT2D eigenvalue weighted by Gasteiger charge is 2.15. The van der Waals surface area contributed by atoms with Gasteiger partial charge in [-0.05, 0) is 33.4 Å². The number of anilines is 1. The third kappa shape index (κ3) is 5.32. The number of aromatic nitrogens is 2. The smallest absolute Gasteiger partial charge is 0.224 e. The van der Waals surface area contributed by atoms with Crippen LogP contribution in [0.2, 0.25) is 5.28 Å². The fraction of sp³-hybridized carbons (Fsp3) is 0.583. The second-order valence-corrected chi connectivity index (χ2v) is 5.77. The van der Waals surface area contributed by atoms with E-state index < -0.39 is 0 Å². The summed E-state index contributed by atoms with van der Waals surface area (Å²) in [7, 11) is 1.63. The Hall–Kier alpha value is -0.880. The maximum atomic E-state index is 11.4. The molecule has 7 heteroatoms. The molecule has 0 aliphatic carbocycles. The third-order valence-corrected chi connectivity index (χ3v) is 3.21. The number of carbonyl (C=O) groups excluding carboxylic acids is 1. The van der Waals surface area contributed by atoms with Crippen molar-refractivity contribution in [3.8, 4) is 0 Å². The van der Waals surface area contributed by atoms with E-state index in [0.717, 1.165) is 16.8 Å². The quantitative estimate of drug-likeness (QED) is 0.802. The number of halogens is 2. The average molecular weight is 350 g/mol. The Morgan fingerprint density at radius 2 is 2.26 bits per heavy atom. The molecular weight excluding hydrogens is 332 g/mol. The molecular formula is C12H18BrClN4O. The first-order valence-corrected chi connectivity index (χ1v) is 7.24. The van der Waals surface area contributed by atoms with Gasteiger partial charge in [-0.1, -0.05) is 13.8 Å². The van der Waals surface area contributed by atoms with Gasteiger partial charge in [-0.15, -0.1) is 0 Å². The van der Waals surface area contributed by atoms with Crippen LogP contribution >= 0.6 is 27.5 Å². The minimum absolute atomic E-state index is 0.00466. The number of hydrogen-bond acceptors (Lipinski definition) is 4. The molecule has 19 heavy (non-hydrogen) atoms. The maximum absolute atomic E-state index is 11.4. The van der Waals surface area contributed by atoms with E-state index in [9.17, 15) is 4.79 Å². The molecule has 0 bridgehead atoms. The summed E-state index contributed by atoms with van der Waals surface area (Å²) in [6.45, 7) is 5.61. The molecule has 1 aromatic rings. The maximum Gasteiger partial charge on any atom is 0.224 e. The summed E-state index contributed by atoms with van der Waals surface area (Å²) >= 11 is 9.26. The van der Waals surface area contributed by atoms with E-state index in [-0.39, 0.29) is 11.2 Å². The van der Waals surface area contributed by atoms with Crippen molar-refractivity contribution in [3.63, 3.8) is 0 Å². The highest BCUT2D eigenvalue weighted by atomic mass is 79.9. The number of nitrogens with zero attached hydrogens (tertiary/aromatic N) is 3. The van der Waals surface area contributed by atoms with Crippen LogP contribution in [0, 0.1) is 5.92 Å². The number of carbonyl (C=O) groups is 1. The number of amides is 1. The summed E-state index contributed by atoms with van der Waals surface area (Å²) in [4.78, 5) is 21.6. The molecule has 0 saturated carbocycles. The minimum atomic E-state index is 0.00466. The summed E-state index contributed by atoms with van der Waals surface area (Å²) in [5.41, 5.74) is 0.